The zero-order valence-corrected chi connectivity index (χ0v) is 20.4. The first-order chi connectivity index (χ1) is 18.0. The summed E-state index contributed by atoms with van der Waals surface area (Å²) in [4.78, 5) is 7.33. The Morgan fingerprint density at radius 1 is 0.868 bits per heavy atom. The number of hydrogen-bond acceptors (Lipinski definition) is 5. The highest BCUT2D eigenvalue weighted by molar-refractivity contribution is 7.90. The molecule has 0 amide bonds. The Balaban J connectivity index is 1.54. The normalized spacial score (nSPS) is 15.6. The second-order valence-electron chi connectivity index (χ2n) is 8.77. The summed E-state index contributed by atoms with van der Waals surface area (Å²) >= 11 is 0. The topological polar surface area (TPSA) is 69.2 Å². The van der Waals surface area contributed by atoms with Crippen molar-refractivity contribution in [2.45, 2.75) is 29.2 Å². The molecule has 11 heteroatoms. The molecule has 0 saturated carbocycles. The van der Waals surface area contributed by atoms with Crippen LogP contribution in [0.4, 0.5) is 22.0 Å². The Hall–Kier alpha value is -3.86. The van der Waals surface area contributed by atoms with Gasteiger partial charge in [-0.15, -0.1) is 0 Å². The van der Waals surface area contributed by atoms with Crippen LogP contribution in [0.25, 0.3) is 11.1 Å². The summed E-state index contributed by atoms with van der Waals surface area (Å²) in [5.74, 6) is -1.95. The first kappa shape index (κ1) is 25.8. The van der Waals surface area contributed by atoms with E-state index in [0.717, 1.165) is 24.5 Å². The summed E-state index contributed by atoms with van der Waals surface area (Å²) in [6.45, 7) is 0.201. The largest absolute Gasteiger partial charge is 0.493 e. The van der Waals surface area contributed by atoms with E-state index in [9.17, 15) is 30.4 Å². The van der Waals surface area contributed by atoms with E-state index in [4.69, 9.17) is 4.74 Å². The summed E-state index contributed by atoms with van der Waals surface area (Å²) in [6.07, 6.45) is -2.39. The van der Waals surface area contributed by atoms with E-state index in [0.29, 0.717) is 28.7 Å². The van der Waals surface area contributed by atoms with Gasteiger partial charge >= 0.3 is 6.18 Å². The van der Waals surface area contributed by atoms with Crippen LogP contribution in [0.5, 0.6) is 5.75 Å². The molecule has 0 N–H and O–H groups in total. The van der Waals surface area contributed by atoms with E-state index in [1.54, 1.807) is 6.07 Å². The number of sulfone groups is 1. The summed E-state index contributed by atoms with van der Waals surface area (Å²) in [5.41, 5.74) is 1.06. The molecule has 1 aliphatic heterocycles. The lowest BCUT2D eigenvalue weighted by Crippen LogP contribution is -2.17. The van der Waals surface area contributed by atoms with Crippen molar-refractivity contribution in [1.82, 2.24) is 9.97 Å². The van der Waals surface area contributed by atoms with Gasteiger partial charge in [-0.1, -0.05) is 24.3 Å². The lowest BCUT2D eigenvalue weighted by Gasteiger charge is -2.29. The van der Waals surface area contributed by atoms with E-state index in [1.165, 1.54) is 42.5 Å². The molecule has 0 radical (unpaired) electrons. The maximum atomic E-state index is 13.5. The molecule has 196 valence electrons. The van der Waals surface area contributed by atoms with Crippen LogP contribution in [0.1, 0.15) is 34.9 Å². The smallest absolute Gasteiger partial charge is 0.416 e. The van der Waals surface area contributed by atoms with Crippen molar-refractivity contribution < 1.29 is 35.1 Å². The Bertz CT molecular complexity index is 1590. The van der Waals surface area contributed by atoms with E-state index in [-0.39, 0.29) is 23.1 Å². The monoisotopic (exact) mass is 546 g/mol. The fourth-order valence-electron chi connectivity index (χ4n) is 4.47. The van der Waals surface area contributed by atoms with Gasteiger partial charge in [-0.2, -0.15) is 13.2 Å². The molecule has 1 aliphatic rings. The fourth-order valence-corrected chi connectivity index (χ4v) is 5.69. The van der Waals surface area contributed by atoms with Gasteiger partial charge in [-0.3, -0.25) is 0 Å². The molecule has 0 saturated heterocycles. The second-order valence-corrected chi connectivity index (χ2v) is 10.8. The molecule has 0 spiro atoms. The van der Waals surface area contributed by atoms with Crippen LogP contribution in [-0.2, 0) is 21.8 Å². The summed E-state index contributed by atoms with van der Waals surface area (Å²) in [5, 5.41) is 0. The van der Waals surface area contributed by atoms with Crippen LogP contribution >= 0.6 is 0 Å². The molecule has 3 aromatic carbocycles. The SMILES string of the molecule is O=S(=O)(Cc1ncc(F)cn1)c1ccc2c(c1)OCC[C@@H]2c1ccc(C(F)(F)F)cc1-c1ccc(F)cc1. The van der Waals surface area contributed by atoms with E-state index in [2.05, 4.69) is 9.97 Å². The average Bonchev–Trinajstić information content (AvgIpc) is 2.89. The number of alkyl halides is 3. The summed E-state index contributed by atoms with van der Waals surface area (Å²) < 4.78 is 98.9. The number of nitrogens with zero attached hydrogens (tertiary/aromatic N) is 2. The zero-order valence-electron chi connectivity index (χ0n) is 19.5. The Kier molecular flexibility index (Phi) is 6.64. The third-order valence-electron chi connectivity index (χ3n) is 6.29. The summed E-state index contributed by atoms with van der Waals surface area (Å²) in [6, 6.07) is 13.0. The van der Waals surface area contributed by atoms with Crippen molar-refractivity contribution >= 4 is 9.84 Å². The lowest BCUT2D eigenvalue weighted by atomic mass is 9.82. The molecule has 38 heavy (non-hydrogen) atoms. The molecule has 0 fully saturated rings. The average molecular weight is 547 g/mol. The Labute approximate surface area is 214 Å². The quantitative estimate of drug-likeness (QED) is 0.274. The van der Waals surface area contributed by atoms with Crippen LogP contribution in [0.2, 0.25) is 0 Å². The highest BCUT2D eigenvalue weighted by Crippen LogP contribution is 2.44. The van der Waals surface area contributed by atoms with Crippen molar-refractivity contribution in [3.05, 3.63) is 107 Å². The Morgan fingerprint density at radius 2 is 1.55 bits per heavy atom. The van der Waals surface area contributed by atoms with Gasteiger partial charge in [-0.25, -0.2) is 27.2 Å². The minimum Gasteiger partial charge on any atom is -0.493 e. The van der Waals surface area contributed by atoms with Gasteiger partial charge in [0.25, 0.3) is 0 Å². The zero-order chi connectivity index (χ0) is 27.1. The van der Waals surface area contributed by atoms with Gasteiger partial charge in [-0.05, 0) is 59.5 Å². The number of halogens is 5. The van der Waals surface area contributed by atoms with Gasteiger partial charge in [0.05, 0.1) is 29.5 Å². The molecule has 5 nitrogen and oxygen atoms in total. The molecule has 1 aromatic heterocycles. The molecule has 0 aliphatic carbocycles. The number of rotatable bonds is 5. The first-order valence-electron chi connectivity index (χ1n) is 11.4. The van der Waals surface area contributed by atoms with Gasteiger partial charge in [0.2, 0.25) is 0 Å². The summed E-state index contributed by atoms with van der Waals surface area (Å²) in [7, 11) is -3.91. The molecule has 2 heterocycles. The standard InChI is InChI=1S/C27H19F5N2O3S/c28-18-4-1-16(2-5-18)24-11-17(27(30,31)32)3-7-21(24)22-9-10-37-25-12-20(6-8-23(22)25)38(35,36)15-26-33-13-19(29)14-34-26/h1-8,11-14,22H,9-10,15H2/t22-/m1/s1. The molecular weight excluding hydrogens is 527 g/mol. The molecule has 1 atom stereocenters. The maximum absolute atomic E-state index is 13.5. The Morgan fingerprint density at radius 3 is 2.24 bits per heavy atom. The molecular formula is C27H19F5N2O3S. The van der Waals surface area contributed by atoms with Crippen molar-refractivity contribution in [2.75, 3.05) is 6.61 Å². The highest BCUT2D eigenvalue weighted by Gasteiger charge is 2.33. The number of aromatic nitrogens is 2. The van der Waals surface area contributed by atoms with Crippen LogP contribution in [0.15, 0.2) is 78.0 Å². The van der Waals surface area contributed by atoms with Gasteiger partial charge < -0.3 is 4.74 Å². The number of benzene rings is 3. The van der Waals surface area contributed by atoms with Crippen molar-refractivity contribution in [3.8, 4) is 16.9 Å². The molecule has 0 unspecified atom stereocenters. The molecule has 4 aromatic rings. The van der Waals surface area contributed by atoms with Crippen LogP contribution in [0.3, 0.4) is 0 Å². The lowest BCUT2D eigenvalue weighted by molar-refractivity contribution is -0.137. The van der Waals surface area contributed by atoms with Crippen LogP contribution in [-0.4, -0.2) is 25.0 Å². The van der Waals surface area contributed by atoms with E-state index in [1.807, 2.05) is 0 Å². The highest BCUT2D eigenvalue weighted by atomic mass is 32.2. The minimum absolute atomic E-state index is 0.0593. The number of hydrogen-bond donors (Lipinski definition) is 0. The third kappa shape index (κ3) is 5.24. The van der Waals surface area contributed by atoms with Crippen molar-refractivity contribution in [3.63, 3.8) is 0 Å². The predicted molar refractivity (Wildman–Crippen MR) is 128 cm³/mol. The number of fused-ring (bicyclic) bond motifs is 1. The van der Waals surface area contributed by atoms with E-state index < -0.39 is 44.9 Å². The first-order valence-corrected chi connectivity index (χ1v) is 13.1. The van der Waals surface area contributed by atoms with Gasteiger partial charge in [0.15, 0.2) is 15.7 Å². The van der Waals surface area contributed by atoms with E-state index >= 15 is 0 Å². The van der Waals surface area contributed by atoms with Crippen molar-refractivity contribution in [2.24, 2.45) is 0 Å². The van der Waals surface area contributed by atoms with Crippen molar-refractivity contribution in [1.29, 1.82) is 0 Å². The van der Waals surface area contributed by atoms with Gasteiger partial charge in [0, 0.05) is 11.5 Å². The molecule has 0 bridgehead atoms. The second kappa shape index (κ2) is 9.79. The number of ether oxygens (including phenoxy) is 1. The van der Waals surface area contributed by atoms with Crippen LogP contribution in [0, 0.1) is 11.6 Å². The van der Waals surface area contributed by atoms with Crippen LogP contribution < -0.4 is 4.74 Å². The molecule has 5 rings (SSSR count). The predicted octanol–water partition coefficient (Wildman–Crippen LogP) is 6.33. The minimum atomic E-state index is -4.57. The maximum Gasteiger partial charge on any atom is 0.416 e. The fraction of sp³-hybridized carbons (Fsp3) is 0.185. The third-order valence-corrected chi connectivity index (χ3v) is 7.90. The van der Waals surface area contributed by atoms with Gasteiger partial charge in [0.1, 0.15) is 23.1 Å².